The highest BCUT2D eigenvalue weighted by Crippen LogP contribution is 2.20. The Hall–Kier alpha value is -1.44. The van der Waals surface area contributed by atoms with Crippen molar-refractivity contribution < 1.29 is 9.47 Å². The first kappa shape index (κ1) is 13.0. The van der Waals surface area contributed by atoms with E-state index in [0.717, 1.165) is 12.4 Å². The summed E-state index contributed by atoms with van der Waals surface area (Å²) in [7, 11) is 1.61. The van der Waals surface area contributed by atoms with Crippen LogP contribution in [0.3, 0.4) is 0 Å². The molecule has 3 N–H and O–H groups in total. The maximum Gasteiger partial charge on any atom is 0.158 e. The summed E-state index contributed by atoms with van der Waals surface area (Å²) >= 11 is 0. The highest BCUT2D eigenvalue weighted by molar-refractivity contribution is 5.49. The Morgan fingerprint density at radius 3 is 3.11 bits per heavy atom. The topological polar surface area (TPSA) is 85.5 Å². The first-order valence-electron chi connectivity index (χ1n) is 5.92. The first-order valence-corrected chi connectivity index (χ1v) is 5.92. The van der Waals surface area contributed by atoms with Gasteiger partial charge in [0.1, 0.15) is 18.2 Å². The maximum atomic E-state index is 5.42. The van der Waals surface area contributed by atoms with Crippen LogP contribution >= 0.6 is 0 Å². The third kappa shape index (κ3) is 2.87. The van der Waals surface area contributed by atoms with Crippen molar-refractivity contribution in [1.82, 2.24) is 9.97 Å². The van der Waals surface area contributed by atoms with Crippen LogP contribution in [0.1, 0.15) is 12.7 Å². The molecule has 7 heteroatoms. The molecule has 0 aromatic carbocycles. The van der Waals surface area contributed by atoms with E-state index >= 15 is 0 Å². The fourth-order valence-electron chi connectivity index (χ4n) is 1.97. The lowest BCUT2D eigenvalue weighted by molar-refractivity contribution is 0.0984. The highest BCUT2D eigenvalue weighted by atomic mass is 16.5. The van der Waals surface area contributed by atoms with E-state index in [1.165, 1.54) is 0 Å². The van der Waals surface area contributed by atoms with Gasteiger partial charge < -0.3 is 19.8 Å². The van der Waals surface area contributed by atoms with Crippen molar-refractivity contribution >= 4 is 11.6 Å². The van der Waals surface area contributed by atoms with Crippen molar-refractivity contribution in [2.75, 3.05) is 37.2 Å². The van der Waals surface area contributed by atoms with Crippen LogP contribution in [-0.4, -0.2) is 42.9 Å². The number of aromatic nitrogens is 2. The van der Waals surface area contributed by atoms with Gasteiger partial charge in [0, 0.05) is 19.7 Å². The Kier molecular flexibility index (Phi) is 4.29. The normalized spacial score (nSPS) is 19.9. The maximum absolute atomic E-state index is 5.42. The fraction of sp³-hybridized carbons (Fsp3) is 0.636. The van der Waals surface area contributed by atoms with E-state index in [-0.39, 0.29) is 6.04 Å². The van der Waals surface area contributed by atoms with Crippen LogP contribution in [0.4, 0.5) is 11.6 Å². The second-order valence-electron chi connectivity index (χ2n) is 4.22. The molecule has 1 saturated heterocycles. The van der Waals surface area contributed by atoms with Gasteiger partial charge in [-0.2, -0.15) is 0 Å². The van der Waals surface area contributed by atoms with E-state index in [1.54, 1.807) is 7.11 Å². The van der Waals surface area contributed by atoms with Crippen molar-refractivity contribution in [1.29, 1.82) is 0 Å². The predicted octanol–water partition coefficient (Wildman–Crippen LogP) is 0.134. The molecule has 100 valence electrons. The molecule has 0 radical (unpaired) electrons. The molecule has 1 aromatic rings. The van der Waals surface area contributed by atoms with Gasteiger partial charge in [-0.25, -0.2) is 15.8 Å². The number of nitrogen functional groups attached to an aromatic ring is 1. The fourth-order valence-corrected chi connectivity index (χ4v) is 1.97. The van der Waals surface area contributed by atoms with Gasteiger partial charge >= 0.3 is 0 Å². The SMILES string of the molecule is COCc1nc(NN)cc(N2CCOCC2C)n1. The number of hydrogen-bond donors (Lipinski definition) is 2. The van der Waals surface area contributed by atoms with Crippen molar-refractivity contribution in [2.45, 2.75) is 19.6 Å². The molecule has 0 aliphatic carbocycles. The average Bonchev–Trinajstić information content (AvgIpc) is 2.39. The van der Waals surface area contributed by atoms with E-state index in [1.807, 2.05) is 6.07 Å². The van der Waals surface area contributed by atoms with Gasteiger partial charge in [-0.15, -0.1) is 0 Å². The highest BCUT2D eigenvalue weighted by Gasteiger charge is 2.21. The number of nitrogens with zero attached hydrogens (tertiary/aromatic N) is 3. The number of rotatable bonds is 4. The van der Waals surface area contributed by atoms with Crippen LogP contribution < -0.4 is 16.2 Å². The van der Waals surface area contributed by atoms with Crippen molar-refractivity contribution in [3.8, 4) is 0 Å². The zero-order chi connectivity index (χ0) is 13.0. The van der Waals surface area contributed by atoms with E-state index in [2.05, 4.69) is 27.2 Å². The zero-order valence-electron chi connectivity index (χ0n) is 10.7. The zero-order valence-corrected chi connectivity index (χ0v) is 10.7. The molecule has 2 heterocycles. The summed E-state index contributed by atoms with van der Waals surface area (Å²) < 4.78 is 10.5. The Labute approximate surface area is 106 Å². The lowest BCUT2D eigenvalue weighted by Gasteiger charge is -2.34. The minimum Gasteiger partial charge on any atom is -0.377 e. The number of nitrogens with one attached hydrogen (secondary N) is 1. The lowest BCUT2D eigenvalue weighted by atomic mass is 10.2. The molecular weight excluding hydrogens is 234 g/mol. The number of anilines is 2. The Balaban J connectivity index is 2.27. The number of nitrogens with two attached hydrogens (primary N) is 1. The van der Waals surface area contributed by atoms with Crippen molar-refractivity contribution in [3.63, 3.8) is 0 Å². The summed E-state index contributed by atoms with van der Waals surface area (Å²) in [4.78, 5) is 10.9. The Morgan fingerprint density at radius 1 is 1.61 bits per heavy atom. The Morgan fingerprint density at radius 2 is 2.44 bits per heavy atom. The molecule has 1 aromatic heterocycles. The molecule has 2 rings (SSSR count). The van der Waals surface area contributed by atoms with Crippen LogP contribution in [0.2, 0.25) is 0 Å². The van der Waals surface area contributed by atoms with Crippen LogP contribution in [0, 0.1) is 0 Å². The monoisotopic (exact) mass is 253 g/mol. The first-order chi connectivity index (χ1) is 8.74. The van der Waals surface area contributed by atoms with E-state index in [4.69, 9.17) is 15.3 Å². The van der Waals surface area contributed by atoms with E-state index < -0.39 is 0 Å². The molecule has 1 atom stereocenters. The predicted molar refractivity (Wildman–Crippen MR) is 68.2 cm³/mol. The number of morpholine rings is 1. The van der Waals surface area contributed by atoms with Gasteiger partial charge in [-0.05, 0) is 6.92 Å². The van der Waals surface area contributed by atoms with Crippen molar-refractivity contribution in [3.05, 3.63) is 11.9 Å². The van der Waals surface area contributed by atoms with Gasteiger partial charge in [0.15, 0.2) is 5.82 Å². The van der Waals surface area contributed by atoms with Crippen LogP contribution in [0.5, 0.6) is 0 Å². The summed E-state index contributed by atoms with van der Waals surface area (Å²) in [5.74, 6) is 7.47. The average molecular weight is 253 g/mol. The number of hydrazine groups is 1. The van der Waals surface area contributed by atoms with Gasteiger partial charge in [0.25, 0.3) is 0 Å². The molecule has 1 aliphatic rings. The van der Waals surface area contributed by atoms with Crippen LogP contribution in [0.15, 0.2) is 6.07 Å². The minimum absolute atomic E-state index is 0.287. The quantitative estimate of drug-likeness (QED) is 0.583. The molecule has 0 saturated carbocycles. The van der Waals surface area contributed by atoms with E-state index in [9.17, 15) is 0 Å². The molecule has 1 fully saturated rings. The van der Waals surface area contributed by atoms with Gasteiger partial charge in [0.05, 0.1) is 19.3 Å². The van der Waals surface area contributed by atoms with Crippen molar-refractivity contribution in [2.24, 2.45) is 5.84 Å². The Bertz CT molecular complexity index is 401. The molecule has 0 bridgehead atoms. The van der Waals surface area contributed by atoms with Gasteiger partial charge in [-0.1, -0.05) is 0 Å². The molecule has 0 spiro atoms. The lowest BCUT2D eigenvalue weighted by Crippen LogP contribution is -2.44. The molecule has 0 amide bonds. The summed E-state index contributed by atoms with van der Waals surface area (Å²) in [6.45, 7) is 4.69. The summed E-state index contributed by atoms with van der Waals surface area (Å²) in [6.07, 6.45) is 0. The molecule has 1 unspecified atom stereocenters. The summed E-state index contributed by atoms with van der Waals surface area (Å²) in [6, 6.07) is 2.12. The second kappa shape index (κ2) is 5.94. The third-order valence-electron chi connectivity index (χ3n) is 2.84. The minimum atomic E-state index is 0.287. The number of hydrogen-bond acceptors (Lipinski definition) is 7. The standard InChI is InChI=1S/C11H19N5O2/c1-8-6-18-4-3-16(8)11-5-9(15-12)13-10(14-11)7-17-2/h5,8H,3-4,6-7,12H2,1-2H3,(H,13,14,15). The number of ether oxygens (including phenoxy) is 2. The van der Waals surface area contributed by atoms with Gasteiger partial charge in [-0.3, -0.25) is 0 Å². The van der Waals surface area contributed by atoms with Crippen LogP contribution in [0.25, 0.3) is 0 Å². The summed E-state index contributed by atoms with van der Waals surface area (Å²) in [5, 5.41) is 0. The smallest absolute Gasteiger partial charge is 0.158 e. The summed E-state index contributed by atoms with van der Waals surface area (Å²) in [5.41, 5.74) is 2.56. The van der Waals surface area contributed by atoms with Gasteiger partial charge in [0.2, 0.25) is 0 Å². The number of methoxy groups -OCH3 is 1. The molecule has 7 nitrogen and oxygen atoms in total. The molecule has 1 aliphatic heterocycles. The largest absolute Gasteiger partial charge is 0.377 e. The van der Waals surface area contributed by atoms with Crippen LogP contribution in [-0.2, 0) is 16.1 Å². The second-order valence-corrected chi connectivity index (χ2v) is 4.22. The molecule has 18 heavy (non-hydrogen) atoms. The molecular formula is C11H19N5O2. The third-order valence-corrected chi connectivity index (χ3v) is 2.84. The van der Waals surface area contributed by atoms with E-state index in [0.29, 0.717) is 31.5 Å².